The second kappa shape index (κ2) is 8.82. The van der Waals surface area contributed by atoms with Gasteiger partial charge in [-0.25, -0.2) is 4.79 Å². The van der Waals surface area contributed by atoms with Gasteiger partial charge >= 0.3 is 12.0 Å². The number of hydrogen-bond donors (Lipinski definition) is 3. The van der Waals surface area contributed by atoms with Crippen molar-refractivity contribution in [2.24, 2.45) is 0 Å². The minimum absolute atomic E-state index is 0.00758. The number of nitrogens with zero attached hydrogens (tertiary/aromatic N) is 2. The molecule has 25 heavy (non-hydrogen) atoms. The quantitative estimate of drug-likeness (QED) is 0.605. The van der Waals surface area contributed by atoms with Crippen molar-refractivity contribution in [3.05, 3.63) is 35.9 Å². The lowest BCUT2D eigenvalue weighted by Gasteiger charge is -2.25. The van der Waals surface area contributed by atoms with E-state index in [-0.39, 0.29) is 6.42 Å². The summed E-state index contributed by atoms with van der Waals surface area (Å²) in [7, 11) is 0. The summed E-state index contributed by atoms with van der Waals surface area (Å²) in [5.74, 6) is -0.134. The Kier molecular flexibility index (Phi) is 6.77. The van der Waals surface area contributed by atoms with Crippen LogP contribution in [0.15, 0.2) is 35.5 Å². The molecule has 0 fully saturated rings. The monoisotopic (exact) mass is 380 g/mol. The van der Waals surface area contributed by atoms with Gasteiger partial charge in [0.05, 0.1) is 0 Å². The van der Waals surface area contributed by atoms with E-state index in [1.807, 2.05) is 30.3 Å². The first-order valence-electron chi connectivity index (χ1n) is 7.65. The van der Waals surface area contributed by atoms with Gasteiger partial charge in [-0.2, -0.15) is 9.36 Å². The Labute approximate surface area is 154 Å². The second-order valence-electron chi connectivity index (χ2n) is 6.01. The maximum atomic E-state index is 12.0. The van der Waals surface area contributed by atoms with Crippen molar-refractivity contribution in [1.29, 1.82) is 0 Å². The molecule has 0 saturated heterocycles. The summed E-state index contributed by atoms with van der Waals surface area (Å²) in [5, 5.41) is 15.1. The molecular formula is C16H20N4O3S2. The van der Waals surface area contributed by atoms with E-state index in [0.29, 0.717) is 16.7 Å². The van der Waals surface area contributed by atoms with Gasteiger partial charge in [0.1, 0.15) is 0 Å². The van der Waals surface area contributed by atoms with Gasteiger partial charge in [0.15, 0.2) is 0 Å². The van der Waals surface area contributed by atoms with Crippen molar-refractivity contribution < 1.29 is 14.7 Å². The number of amides is 2. The Bertz CT molecular complexity index is 719. The fourth-order valence-electron chi connectivity index (χ4n) is 1.96. The summed E-state index contributed by atoms with van der Waals surface area (Å²) in [6.45, 7) is 3.55. The molecule has 2 amide bonds. The Morgan fingerprint density at radius 1 is 1.28 bits per heavy atom. The molecule has 0 unspecified atom stereocenters. The first-order valence-corrected chi connectivity index (χ1v) is 9.41. The summed E-state index contributed by atoms with van der Waals surface area (Å²) in [6, 6.07) is 9.57. The number of thioether (sulfide) groups is 1. The average molecular weight is 380 g/mol. The molecular weight excluding hydrogens is 360 g/mol. The van der Waals surface area contributed by atoms with E-state index >= 15 is 0 Å². The highest BCUT2D eigenvalue weighted by Gasteiger charge is 2.22. The molecule has 0 bridgehead atoms. The smallest absolute Gasteiger partial charge is 0.321 e. The maximum Gasteiger partial charge on any atom is 0.321 e. The molecule has 3 N–H and O–H groups in total. The Morgan fingerprint density at radius 3 is 2.68 bits per heavy atom. The maximum absolute atomic E-state index is 12.0. The third-order valence-electron chi connectivity index (χ3n) is 3.25. The Balaban J connectivity index is 1.81. The van der Waals surface area contributed by atoms with Crippen molar-refractivity contribution in [2.45, 2.75) is 43.1 Å². The molecule has 1 aromatic heterocycles. The molecule has 0 aliphatic carbocycles. The summed E-state index contributed by atoms with van der Waals surface area (Å²) < 4.78 is 4.21. The molecule has 9 heteroatoms. The molecule has 7 nitrogen and oxygen atoms in total. The van der Waals surface area contributed by atoms with Crippen LogP contribution in [0.25, 0.3) is 0 Å². The van der Waals surface area contributed by atoms with Crippen LogP contribution in [0.5, 0.6) is 0 Å². The van der Waals surface area contributed by atoms with Gasteiger partial charge < -0.3 is 10.4 Å². The number of rotatable bonds is 8. The van der Waals surface area contributed by atoms with E-state index in [4.69, 9.17) is 5.11 Å². The number of carbonyl (C=O) groups is 2. The van der Waals surface area contributed by atoms with E-state index in [2.05, 4.69) is 20.0 Å². The minimum Gasteiger partial charge on any atom is -0.481 e. The number of carbonyl (C=O) groups excluding carboxylic acids is 1. The SMILES string of the molecule is CC(C)(CCC(=O)O)NC(=O)Nc1nc(SCc2ccccc2)ns1. The fourth-order valence-corrected chi connectivity index (χ4v) is 3.45. The summed E-state index contributed by atoms with van der Waals surface area (Å²) in [6.07, 6.45) is 0.330. The zero-order valence-electron chi connectivity index (χ0n) is 14.0. The lowest BCUT2D eigenvalue weighted by Crippen LogP contribution is -2.45. The lowest BCUT2D eigenvalue weighted by atomic mass is 9.99. The van der Waals surface area contributed by atoms with E-state index in [1.165, 1.54) is 17.3 Å². The molecule has 2 rings (SSSR count). The molecule has 0 aliphatic heterocycles. The number of nitrogens with one attached hydrogen (secondary N) is 2. The first kappa shape index (κ1) is 19.2. The van der Waals surface area contributed by atoms with Crippen molar-refractivity contribution in [2.75, 3.05) is 5.32 Å². The highest BCUT2D eigenvalue weighted by molar-refractivity contribution is 7.98. The van der Waals surface area contributed by atoms with E-state index < -0.39 is 17.5 Å². The molecule has 1 aromatic carbocycles. The number of aliphatic carboxylic acids is 1. The molecule has 0 atom stereocenters. The van der Waals surface area contributed by atoms with Crippen molar-refractivity contribution in [3.8, 4) is 0 Å². The largest absolute Gasteiger partial charge is 0.481 e. The van der Waals surface area contributed by atoms with Crippen LogP contribution in [0.2, 0.25) is 0 Å². The number of carboxylic acid groups (broad SMARTS) is 1. The normalized spacial score (nSPS) is 11.1. The predicted molar refractivity (Wildman–Crippen MR) is 99.0 cm³/mol. The summed E-state index contributed by atoms with van der Waals surface area (Å²) in [4.78, 5) is 26.9. The van der Waals surface area contributed by atoms with Crippen LogP contribution in [0, 0.1) is 0 Å². The molecule has 134 valence electrons. The number of benzene rings is 1. The molecule has 0 saturated carbocycles. The summed E-state index contributed by atoms with van der Waals surface area (Å²) >= 11 is 2.61. The zero-order chi connectivity index (χ0) is 18.3. The van der Waals surface area contributed by atoms with E-state index in [0.717, 1.165) is 17.3 Å². The van der Waals surface area contributed by atoms with Gasteiger partial charge in [0.2, 0.25) is 10.3 Å². The fraction of sp³-hybridized carbons (Fsp3) is 0.375. The number of anilines is 1. The van der Waals surface area contributed by atoms with Crippen LogP contribution >= 0.6 is 23.3 Å². The zero-order valence-corrected chi connectivity index (χ0v) is 15.6. The van der Waals surface area contributed by atoms with E-state index in [9.17, 15) is 9.59 Å². The number of carboxylic acids is 1. The predicted octanol–water partition coefficient (Wildman–Crippen LogP) is 3.60. The van der Waals surface area contributed by atoms with Crippen molar-refractivity contribution >= 4 is 40.4 Å². The number of urea groups is 1. The van der Waals surface area contributed by atoms with Crippen LogP contribution in [0.4, 0.5) is 9.93 Å². The third-order valence-corrected chi connectivity index (χ3v) is 4.92. The van der Waals surface area contributed by atoms with Crippen LogP contribution in [0.1, 0.15) is 32.3 Å². The van der Waals surface area contributed by atoms with Gasteiger partial charge in [-0.1, -0.05) is 42.1 Å². The van der Waals surface area contributed by atoms with Crippen LogP contribution < -0.4 is 10.6 Å². The second-order valence-corrected chi connectivity index (χ2v) is 7.71. The average Bonchev–Trinajstić information content (AvgIpc) is 2.99. The highest BCUT2D eigenvalue weighted by atomic mass is 32.2. The van der Waals surface area contributed by atoms with Crippen LogP contribution in [0.3, 0.4) is 0 Å². The van der Waals surface area contributed by atoms with Gasteiger partial charge in [-0.05, 0) is 25.8 Å². The Morgan fingerprint density at radius 2 is 2.00 bits per heavy atom. The van der Waals surface area contributed by atoms with Crippen molar-refractivity contribution in [3.63, 3.8) is 0 Å². The summed E-state index contributed by atoms with van der Waals surface area (Å²) in [5.41, 5.74) is 0.549. The molecule has 2 aromatic rings. The number of hydrogen-bond acceptors (Lipinski definition) is 6. The minimum atomic E-state index is -0.889. The molecule has 0 spiro atoms. The van der Waals surface area contributed by atoms with Crippen LogP contribution in [-0.2, 0) is 10.5 Å². The van der Waals surface area contributed by atoms with Gasteiger partial charge in [0.25, 0.3) is 0 Å². The van der Waals surface area contributed by atoms with Gasteiger partial charge in [0, 0.05) is 29.2 Å². The molecule has 0 radical (unpaired) electrons. The van der Waals surface area contributed by atoms with E-state index in [1.54, 1.807) is 13.8 Å². The molecule has 0 aliphatic rings. The highest BCUT2D eigenvalue weighted by Crippen LogP contribution is 2.23. The van der Waals surface area contributed by atoms with Gasteiger partial charge in [-0.15, -0.1) is 0 Å². The molecule has 1 heterocycles. The van der Waals surface area contributed by atoms with Gasteiger partial charge in [-0.3, -0.25) is 10.1 Å². The third kappa shape index (κ3) is 7.10. The van der Waals surface area contributed by atoms with Crippen LogP contribution in [-0.4, -0.2) is 32.0 Å². The number of aromatic nitrogens is 2. The Hall–Kier alpha value is -2.13. The standard InChI is InChI=1S/C16H20N4O3S2/c1-16(2,9-8-12(21)22)19-13(23)17-14-18-15(20-25-14)24-10-11-6-4-3-5-7-11/h3-7H,8-10H2,1-2H3,(H,21,22)(H2,17,18,19,20,23). The topological polar surface area (TPSA) is 104 Å². The van der Waals surface area contributed by atoms with Crippen molar-refractivity contribution in [1.82, 2.24) is 14.7 Å². The first-order chi connectivity index (χ1) is 11.8. The lowest BCUT2D eigenvalue weighted by molar-refractivity contribution is -0.137.